The van der Waals surface area contributed by atoms with Crippen molar-refractivity contribution in [3.8, 4) is 0 Å². The second-order valence-corrected chi connectivity index (χ2v) is 5.55. The summed E-state index contributed by atoms with van der Waals surface area (Å²) in [6, 6.07) is 13.8. The first-order chi connectivity index (χ1) is 9.52. The molecule has 0 spiro atoms. The number of benzene rings is 2. The van der Waals surface area contributed by atoms with Gasteiger partial charge in [0.15, 0.2) is 0 Å². The van der Waals surface area contributed by atoms with Crippen LogP contribution in [-0.4, -0.2) is 11.7 Å². The number of carbonyl (C=O) groups is 1. The van der Waals surface area contributed by atoms with Crippen LogP contribution in [0.1, 0.15) is 33.6 Å². The van der Waals surface area contributed by atoms with Crippen molar-refractivity contribution in [3.63, 3.8) is 0 Å². The van der Waals surface area contributed by atoms with Crippen molar-refractivity contribution in [2.24, 2.45) is 0 Å². The van der Waals surface area contributed by atoms with E-state index in [1.54, 1.807) is 0 Å². The molecule has 106 valence electrons. The standard InChI is InChI=1S/C17H21NO2/c1-4-12-17(2,3)20-16(19)18-15-11-7-9-13-8-5-6-10-14(13)15/h5-11H,4,12H2,1-3H3,(H,18,19). The largest absolute Gasteiger partial charge is 0.443 e. The molecule has 2 aromatic carbocycles. The fraction of sp³-hybridized carbons (Fsp3) is 0.353. The first-order valence-corrected chi connectivity index (χ1v) is 6.99. The average Bonchev–Trinajstić information content (AvgIpc) is 2.38. The van der Waals surface area contributed by atoms with Gasteiger partial charge in [-0.05, 0) is 31.7 Å². The van der Waals surface area contributed by atoms with Crippen LogP contribution in [0.15, 0.2) is 42.5 Å². The molecule has 0 aliphatic carbocycles. The Kier molecular flexibility index (Phi) is 4.28. The highest BCUT2D eigenvalue weighted by Gasteiger charge is 2.21. The molecule has 2 rings (SSSR count). The minimum atomic E-state index is -0.441. The number of nitrogens with one attached hydrogen (secondary N) is 1. The Morgan fingerprint density at radius 3 is 2.60 bits per heavy atom. The first-order valence-electron chi connectivity index (χ1n) is 6.99. The molecule has 0 aromatic heterocycles. The smallest absolute Gasteiger partial charge is 0.412 e. The van der Waals surface area contributed by atoms with E-state index in [1.807, 2.05) is 56.3 Å². The van der Waals surface area contributed by atoms with Crippen LogP contribution in [0.25, 0.3) is 10.8 Å². The van der Waals surface area contributed by atoms with Crippen molar-refractivity contribution in [2.45, 2.75) is 39.2 Å². The van der Waals surface area contributed by atoms with Gasteiger partial charge in [-0.1, -0.05) is 49.7 Å². The fourth-order valence-electron chi connectivity index (χ4n) is 2.37. The van der Waals surface area contributed by atoms with Gasteiger partial charge in [0, 0.05) is 5.39 Å². The van der Waals surface area contributed by atoms with Crippen molar-refractivity contribution < 1.29 is 9.53 Å². The molecule has 0 heterocycles. The third kappa shape index (κ3) is 3.50. The SMILES string of the molecule is CCCC(C)(C)OC(=O)Nc1cccc2ccccc12. The molecule has 1 amide bonds. The number of carbonyl (C=O) groups excluding carboxylic acids is 1. The van der Waals surface area contributed by atoms with Crippen molar-refractivity contribution in [1.29, 1.82) is 0 Å². The summed E-state index contributed by atoms with van der Waals surface area (Å²) in [6.07, 6.45) is 1.42. The molecule has 1 N–H and O–H groups in total. The molecule has 0 aliphatic rings. The van der Waals surface area contributed by atoms with Crippen LogP contribution >= 0.6 is 0 Å². The summed E-state index contributed by atoms with van der Waals surface area (Å²) in [6.45, 7) is 5.94. The van der Waals surface area contributed by atoms with Gasteiger partial charge in [0.2, 0.25) is 0 Å². The highest BCUT2D eigenvalue weighted by molar-refractivity contribution is 6.00. The van der Waals surface area contributed by atoms with Gasteiger partial charge in [-0.3, -0.25) is 5.32 Å². The Morgan fingerprint density at radius 2 is 1.85 bits per heavy atom. The lowest BCUT2D eigenvalue weighted by atomic mass is 10.0. The number of ether oxygens (including phenoxy) is 1. The zero-order valence-electron chi connectivity index (χ0n) is 12.3. The van der Waals surface area contributed by atoms with Gasteiger partial charge in [-0.25, -0.2) is 4.79 Å². The Hall–Kier alpha value is -2.03. The van der Waals surface area contributed by atoms with E-state index in [2.05, 4.69) is 12.2 Å². The monoisotopic (exact) mass is 271 g/mol. The zero-order chi connectivity index (χ0) is 14.6. The van der Waals surface area contributed by atoms with Crippen LogP contribution in [0.4, 0.5) is 10.5 Å². The zero-order valence-corrected chi connectivity index (χ0v) is 12.3. The summed E-state index contributed by atoms with van der Waals surface area (Å²) < 4.78 is 5.48. The summed E-state index contributed by atoms with van der Waals surface area (Å²) in [5, 5.41) is 4.95. The molecule has 0 radical (unpaired) electrons. The van der Waals surface area contributed by atoms with Crippen LogP contribution in [0.5, 0.6) is 0 Å². The Balaban J connectivity index is 2.14. The quantitative estimate of drug-likeness (QED) is 0.852. The van der Waals surface area contributed by atoms with Gasteiger partial charge in [-0.15, -0.1) is 0 Å². The second-order valence-electron chi connectivity index (χ2n) is 5.55. The highest BCUT2D eigenvalue weighted by Crippen LogP contribution is 2.24. The normalized spacial score (nSPS) is 11.3. The van der Waals surface area contributed by atoms with E-state index in [4.69, 9.17) is 4.74 Å². The topological polar surface area (TPSA) is 38.3 Å². The van der Waals surface area contributed by atoms with E-state index < -0.39 is 11.7 Å². The van der Waals surface area contributed by atoms with Gasteiger partial charge in [-0.2, -0.15) is 0 Å². The predicted molar refractivity (Wildman–Crippen MR) is 83.0 cm³/mol. The van der Waals surface area contributed by atoms with E-state index >= 15 is 0 Å². The fourth-order valence-corrected chi connectivity index (χ4v) is 2.37. The number of anilines is 1. The molecule has 3 nitrogen and oxygen atoms in total. The number of hydrogen-bond acceptors (Lipinski definition) is 2. The number of rotatable bonds is 4. The molecule has 20 heavy (non-hydrogen) atoms. The molecule has 0 bridgehead atoms. The van der Waals surface area contributed by atoms with Crippen molar-refractivity contribution in [2.75, 3.05) is 5.32 Å². The molecule has 2 aromatic rings. The maximum Gasteiger partial charge on any atom is 0.412 e. The van der Waals surface area contributed by atoms with Crippen molar-refractivity contribution in [1.82, 2.24) is 0 Å². The molecular formula is C17H21NO2. The van der Waals surface area contributed by atoms with E-state index in [1.165, 1.54) is 0 Å². The number of hydrogen-bond donors (Lipinski definition) is 1. The van der Waals surface area contributed by atoms with Crippen LogP contribution in [0, 0.1) is 0 Å². The second kappa shape index (κ2) is 5.95. The lowest BCUT2D eigenvalue weighted by molar-refractivity contribution is 0.0419. The lowest BCUT2D eigenvalue weighted by Gasteiger charge is -2.24. The predicted octanol–water partition coefficient (Wildman–Crippen LogP) is 4.97. The first kappa shape index (κ1) is 14.4. The maximum absolute atomic E-state index is 12.0. The van der Waals surface area contributed by atoms with Crippen LogP contribution in [-0.2, 0) is 4.74 Å². The average molecular weight is 271 g/mol. The molecule has 0 aliphatic heterocycles. The Labute approximate surface area is 119 Å². The molecule has 0 saturated carbocycles. The summed E-state index contributed by atoms with van der Waals surface area (Å²) in [7, 11) is 0. The Bertz CT molecular complexity index is 599. The van der Waals surface area contributed by atoms with Crippen LogP contribution in [0.2, 0.25) is 0 Å². The van der Waals surface area contributed by atoms with Gasteiger partial charge >= 0.3 is 6.09 Å². The molecule has 0 fully saturated rings. The highest BCUT2D eigenvalue weighted by atomic mass is 16.6. The van der Waals surface area contributed by atoms with Gasteiger partial charge < -0.3 is 4.74 Å². The van der Waals surface area contributed by atoms with E-state index in [9.17, 15) is 4.79 Å². The summed E-state index contributed by atoms with van der Waals surface area (Å²) in [5.74, 6) is 0. The van der Waals surface area contributed by atoms with Gasteiger partial charge in [0.1, 0.15) is 5.60 Å². The summed E-state index contributed by atoms with van der Waals surface area (Å²) in [5.41, 5.74) is 0.337. The third-order valence-corrected chi connectivity index (χ3v) is 3.25. The Morgan fingerprint density at radius 1 is 1.15 bits per heavy atom. The van der Waals surface area contributed by atoms with Gasteiger partial charge in [0.25, 0.3) is 0 Å². The number of fused-ring (bicyclic) bond motifs is 1. The van der Waals surface area contributed by atoms with Crippen molar-refractivity contribution >= 4 is 22.6 Å². The maximum atomic E-state index is 12.0. The molecule has 0 unspecified atom stereocenters. The summed E-state index contributed by atoms with van der Waals surface area (Å²) >= 11 is 0. The molecule has 3 heteroatoms. The summed E-state index contributed by atoms with van der Waals surface area (Å²) in [4.78, 5) is 12.0. The number of amides is 1. The van der Waals surface area contributed by atoms with Crippen LogP contribution < -0.4 is 5.32 Å². The lowest BCUT2D eigenvalue weighted by Crippen LogP contribution is -2.30. The van der Waals surface area contributed by atoms with E-state index in [-0.39, 0.29) is 0 Å². The molecular weight excluding hydrogens is 250 g/mol. The van der Waals surface area contributed by atoms with Crippen molar-refractivity contribution in [3.05, 3.63) is 42.5 Å². The van der Waals surface area contributed by atoms with Crippen LogP contribution in [0.3, 0.4) is 0 Å². The minimum Gasteiger partial charge on any atom is -0.443 e. The third-order valence-electron chi connectivity index (χ3n) is 3.25. The van der Waals surface area contributed by atoms with E-state index in [0.29, 0.717) is 0 Å². The van der Waals surface area contributed by atoms with E-state index in [0.717, 1.165) is 29.3 Å². The molecule has 0 atom stereocenters. The van der Waals surface area contributed by atoms with Gasteiger partial charge in [0.05, 0.1) is 5.69 Å². The minimum absolute atomic E-state index is 0.403. The molecule has 0 saturated heterocycles.